The second-order valence-electron chi connectivity index (χ2n) is 5.96. The van der Waals surface area contributed by atoms with Gasteiger partial charge in [0.25, 0.3) is 0 Å². The molecule has 24 heavy (non-hydrogen) atoms. The van der Waals surface area contributed by atoms with Gasteiger partial charge in [-0.15, -0.1) is 0 Å². The van der Waals surface area contributed by atoms with E-state index in [-0.39, 0.29) is 11.9 Å². The van der Waals surface area contributed by atoms with Crippen molar-refractivity contribution in [3.63, 3.8) is 0 Å². The van der Waals surface area contributed by atoms with Crippen LogP contribution in [0.4, 0.5) is 13.2 Å². The Balaban J connectivity index is 2.35. The summed E-state index contributed by atoms with van der Waals surface area (Å²) in [5, 5.41) is 8.86. The van der Waals surface area contributed by atoms with Gasteiger partial charge >= 0.3 is 6.18 Å². The molecule has 0 bridgehead atoms. The van der Waals surface area contributed by atoms with Crippen molar-refractivity contribution in [1.82, 2.24) is 0 Å². The van der Waals surface area contributed by atoms with Crippen LogP contribution in [0.25, 0.3) is 0 Å². The van der Waals surface area contributed by atoms with Gasteiger partial charge < -0.3 is 4.74 Å². The van der Waals surface area contributed by atoms with E-state index < -0.39 is 17.3 Å². The third kappa shape index (κ3) is 4.51. The summed E-state index contributed by atoms with van der Waals surface area (Å²) in [6.45, 7) is 4.05. The van der Waals surface area contributed by atoms with Crippen LogP contribution in [-0.4, -0.2) is 0 Å². The van der Waals surface area contributed by atoms with Crippen LogP contribution >= 0.6 is 0 Å². The van der Waals surface area contributed by atoms with Crippen LogP contribution in [-0.2, 0) is 6.18 Å². The maximum Gasteiger partial charge on any atom is 0.417 e. The predicted molar refractivity (Wildman–Crippen MR) is 85.4 cm³/mol. The van der Waals surface area contributed by atoms with E-state index in [0.29, 0.717) is 12.3 Å². The molecule has 0 radical (unpaired) electrons. The minimum absolute atomic E-state index is 0.107. The summed E-state index contributed by atoms with van der Waals surface area (Å²) in [5.74, 6) is 0.423. The van der Waals surface area contributed by atoms with E-state index in [9.17, 15) is 13.2 Å². The lowest BCUT2D eigenvalue weighted by Crippen LogP contribution is -2.12. The van der Waals surface area contributed by atoms with E-state index in [4.69, 9.17) is 10.00 Å². The van der Waals surface area contributed by atoms with Gasteiger partial charge in [-0.2, -0.15) is 18.4 Å². The molecule has 126 valence electrons. The standard InChI is InChI=1S/C19H18F3NO/c1-13(2)10-18(14-6-4-3-5-7-14)24-16-9-8-15(12-23)17(11-16)19(20,21)22/h3-9,11,13,18H,10H2,1-2H3. The van der Waals surface area contributed by atoms with Gasteiger partial charge in [0.2, 0.25) is 0 Å². The van der Waals surface area contributed by atoms with Crippen LogP contribution < -0.4 is 4.74 Å². The van der Waals surface area contributed by atoms with Crippen molar-refractivity contribution in [2.45, 2.75) is 32.5 Å². The normalized spacial score (nSPS) is 12.7. The number of nitrogens with zero attached hydrogens (tertiary/aromatic N) is 1. The molecule has 0 fully saturated rings. The quantitative estimate of drug-likeness (QED) is 0.698. The fourth-order valence-electron chi connectivity index (χ4n) is 2.44. The Bertz CT molecular complexity index is 718. The van der Waals surface area contributed by atoms with E-state index in [0.717, 1.165) is 17.7 Å². The van der Waals surface area contributed by atoms with Gasteiger partial charge in [-0.05, 0) is 36.1 Å². The Morgan fingerprint density at radius 1 is 1.08 bits per heavy atom. The first kappa shape index (κ1) is 17.9. The summed E-state index contributed by atoms with van der Waals surface area (Å²) in [5.41, 5.74) is -0.474. The van der Waals surface area contributed by atoms with Crippen LogP contribution in [0, 0.1) is 17.2 Å². The number of hydrogen-bond acceptors (Lipinski definition) is 2. The first-order chi connectivity index (χ1) is 11.3. The van der Waals surface area contributed by atoms with Gasteiger partial charge in [-0.3, -0.25) is 0 Å². The highest BCUT2D eigenvalue weighted by Gasteiger charge is 2.34. The molecule has 2 rings (SSSR count). The SMILES string of the molecule is CC(C)CC(Oc1ccc(C#N)c(C(F)(F)F)c1)c1ccccc1. The van der Waals surface area contributed by atoms with Gasteiger partial charge in [-0.25, -0.2) is 0 Å². The maximum atomic E-state index is 13.1. The molecule has 5 heteroatoms. The molecule has 0 saturated heterocycles. The topological polar surface area (TPSA) is 33.0 Å². The first-order valence-corrected chi connectivity index (χ1v) is 7.64. The Morgan fingerprint density at radius 2 is 1.75 bits per heavy atom. The number of alkyl halides is 3. The number of halogens is 3. The minimum atomic E-state index is -4.59. The number of hydrogen-bond donors (Lipinski definition) is 0. The lowest BCUT2D eigenvalue weighted by molar-refractivity contribution is -0.137. The van der Waals surface area contributed by atoms with Crippen LogP contribution in [0.1, 0.15) is 43.1 Å². The number of nitriles is 1. The third-order valence-electron chi connectivity index (χ3n) is 3.55. The van der Waals surface area contributed by atoms with E-state index in [1.165, 1.54) is 6.07 Å². The molecule has 2 aromatic carbocycles. The summed E-state index contributed by atoms with van der Waals surface area (Å²) in [7, 11) is 0. The zero-order valence-corrected chi connectivity index (χ0v) is 13.5. The van der Waals surface area contributed by atoms with Crippen molar-refractivity contribution < 1.29 is 17.9 Å². The van der Waals surface area contributed by atoms with Crippen molar-refractivity contribution in [2.75, 3.05) is 0 Å². The molecule has 1 unspecified atom stereocenters. The molecular formula is C19H18F3NO. The molecule has 0 amide bonds. The predicted octanol–water partition coefficient (Wildman–Crippen LogP) is 5.74. The zero-order chi connectivity index (χ0) is 17.7. The molecule has 0 aliphatic rings. The number of ether oxygens (including phenoxy) is 1. The van der Waals surface area contributed by atoms with Crippen molar-refractivity contribution in [3.05, 3.63) is 65.2 Å². The Kier molecular flexibility index (Phi) is 5.50. The van der Waals surface area contributed by atoms with E-state index in [2.05, 4.69) is 0 Å². The van der Waals surface area contributed by atoms with E-state index in [1.54, 1.807) is 6.07 Å². The van der Waals surface area contributed by atoms with Gasteiger partial charge in [0, 0.05) is 0 Å². The summed E-state index contributed by atoms with van der Waals surface area (Å²) in [4.78, 5) is 0. The summed E-state index contributed by atoms with van der Waals surface area (Å²) in [6.07, 6.45) is -4.27. The number of benzene rings is 2. The largest absolute Gasteiger partial charge is 0.486 e. The van der Waals surface area contributed by atoms with Crippen LogP contribution in [0.15, 0.2) is 48.5 Å². The van der Waals surface area contributed by atoms with Crippen LogP contribution in [0.3, 0.4) is 0 Å². The van der Waals surface area contributed by atoms with Crippen LogP contribution in [0.5, 0.6) is 5.75 Å². The van der Waals surface area contributed by atoms with Gasteiger partial charge in [0.15, 0.2) is 0 Å². The molecule has 0 aromatic heterocycles. The van der Waals surface area contributed by atoms with Crippen molar-refractivity contribution in [1.29, 1.82) is 5.26 Å². The smallest absolute Gasteiger partial charge is 0.417 e. The molecule has 2 nitrogen and oxygen atoms in total. The zero-order valence-electron chi connectivity index (χ0n) is 13.5. The summed E-state index contributed by atoms with van der Waals surface area (Å²) >= 11 is 0. The Morgan fingerprint density at radius 3 is 2.29 bits per heavy atom. The molecular weight excluding hydrogens is 315 g/mol. The van der Waals surface area contributed by atoms with Crippen molar-refractivity contribution >= 4 is 0 Å². The number of rotatable bonds is 5. The minimum Gasteiger partial charge on any atom is -0.486 e. The lowest BCUT2D eigenvalue weighted by atomic mass is 9.99. The van der Waals surface area contributed by atoms with E-state index in [1.807, 2.05) is 44.2 Å². The molecule has 0 saturated carbocycles. The van der Waals surface area contributed by atoms with Gasteiger partial charge in [0.1, 0.15) is 11.9 Å². The molecule has 0 heterocycles. The van der Waals surface area contributed by atoms with Gasteiger partial charge in [0.05, 0.1) is 17.2 Å². The lowest BCUT2D eigenvalue weighted by Gasteiger charge is -2.22. The molecule has 0 aliphatic heterocycles. The average Bonchev–Trinajstić information content (AvgIpc) is 2.54. The van der Waals surface area contributed by atoms with Crippen LogP contribution in [0.2, 0.25) is 0 Å². The average molecular weight is 333 g/mol. The fraction of sp³-hybridized carbons (Fsp3) is 0.316. The second-order valence-corrected chi connectivity index (χ2v) is 5.96. The highest BCUT2D eigenvalue weighted by atomic mass is 19.4. The summed E-state index contributed by atoms with van der Waals surface area (Å²) in [6, 6.07) is 14.4. The third-order valence-corrected chi connectivity index (χ3v) is 3.55. The monoisotopic (exact) mass is 333 g/mol. The first-order valence-electron chi connectivity index (χ1n) is 7.64. The molecule has 0 spiro atoms. The second kappa shape index (κ2) is 7.39. The van der Waals surface area contributed by atoms with Crippen molar-refractivity contribution in [3.8, 4) is 11.8 Å². The molecule has 1 atom stereocenters. The highest BCUT2D eigenvalue weighted by Crippen LogP contribution is 2.36. The molecule has 0 N–H and O–H groups in total. The Labute approximate surface area is 139 Å². The molecule has 0 aliphatic carbocycles. The summed E-state index contributed by atoms with van der Waals surface area (Å²) < 4.78 is 45.1. The highest BCUT2D eigenvalue weighted by molar-refractivity contribution is 5.44. The van der Waals surface area contributed by atoms with Gasteiger partial charge in [-0.1, -0.05) is 44.2 Å². The maximum absolute atomic E-state index is 13.1. The van der Waals surface area contributed by atoms with E-state index >= 15 is 0 Å². The molecule has 2 aromatic rings. The Hall–Kier alpha value is -2.48. The fourth-order valence-corrected chi connectivity index (χ4v) is 2.44. The van der Waals surface area contributed by atoms with Crippen molar-refractivity contribution in [2.24, 2.45) is 5.92 Å².